The van der Waals surface area contributed by atoms with E-state index in [0.717, 1.165) is 29.1 Å². The third-order valence-corrected chi connectivity index (χ3v) is 7.38. The number of aromatic hydroxyl groups is 1. The summed E-state index contributed by atoms with van der Waals surface area (Å²) in [6.07, 6.45) is 2.34. The maximum atomic E-state index is 10.6. The number of hydrogen-bond donors (Lipinski definition) is 1. The zero-order valence-electron chi connectivity index (χ0n) is 20.2. The molecule has 162 valence electrons. The van der Waals surface area contributed by atoms with Gasteiger partial charge >= 0.3 is 0 Å². The van der Waals surface area contributed by atoms with Gasteiger partial charge in [-0.05, 0) is 41.7 Å². The summed E-state index contributed by atoms with van der Waals surface area (Å²) in [6.45, 7) is 25.2. The molecule has 0 spiro atoms. The lowest BCUT2D eigenvalue weighted by Crippen LogP contribution is -2.23. The molecule has 3 heteroatoms. The average molecular weight is 425 g/mol. The van der Waals surface area contributed by atoms with Gasteiger partial charge in [0, 0.05) is 26.6 Å². The molecule has 0 bridgehead atoms. The van der Waals surface area contributed by atoms with E-state index in [1.807, 2.05) is 30.4 Å². The van der Waals surface area contributed by atoms with Crippen LogP contribution in [0.5, 0.6) is 5.75 Å². The molecule has 0 aromatic heterocycles. The maximum absolute atomic E-state index is 10.6. The van der Waals surface area contributed by atoms with Crippen LogP contribution in [-0.2, 0) is 11.5 Å². The topological polar surface area (TPSA) is 20.2 Å². The molecular weight excluding hydrogens is 380 g/mol. The molecule has 0 atom stereocenters. The molecule has 1 rings (SSSR count). The first-order valence-corrected chi connectivity index (χ1v) is 12.5. The van der Waals surface area contributed by atoms with Gasteiger partial charge < -0.3 is 5.11 Å². The van der Waals surface area contributed by atoms with E-state index < -0.39 is 0 Å². The van der Waals surface area contributed by atoms with Crippen molar-refractivity contribution in [1.82, 2.24) is 0 Å². The Bertz CT molecular complexity index is 646. The molecule has 28 heavy (non-hydrogen) atoms. The molecule has 1 nitrogen and oxygen atoms in total. The first-order valence-electron chi connectivity index (χ1n) is 10.5. The Labute approximate surface area is 183 Å². The number of phenols is 1. The van der Waals surface area contributed by atoms with Crippen molar-refractivity contribution in [2.24, 2.45) is 10.8 Å². The lowest BCUT2D eigenvalue weighted by molar-refractivity contribution is 0.339. The van der Waals surface area contributed by atoms with Crippen molar-refractivity contribution >= 4 is 23.5 Å². The Hall–Kier alpha value is -0.280. The summed E-state index contributed by atoms with van der Waals surface area (Å²) in [7, 11) is 0. The lowest BCUT2D eigenvalue weighted by atomic mass is 9.86. The summed E-state index contributed by atoms with van der Waals surface area (Å²) >= 11 is 3.98. The van der Waals surface area contributed by atoms with Gasteiger partial charge in [0.1, 0.15) is 5.75 Å². The maximum Gasteiger partial charge on any atom is 0.122 e. The molecule has 0 aliphatic rings. The molecule has 1 aromatic rings. The van der Waals surface area contributed by atoms with Gasteiger partial charge in [-0.3, -0.25) is 0 Å². The fraction of sp³-hybridized carbons (Fsp3) is 0.760. The molecule has 0 heterocycles. The highest BCUT2D eigenvalue weighted by atomic mass is 32.2. The number of rotatable bonds is 8. The Morgan fingerprint density at radius 1 is 0.714 bits per heavy atom. The smallest absolute Gasteiger partial charge is 0.122 e. The molecule has 0 aliphatic heterocycles. The Morgan fingerprint density at radius 2 is 1.14 bits per heavy atom. The van der Waals surface area contributed by atoms with Gasteiger partial charge in [0.15, 0.2) is 0 Å². The van der Waals surface area contributed by atoms with E-state index in [4.69, 9.17) is 0 Å². The Kier molecular flexibility index (Phi) is 8.51. The summed E-state index contributed by atoms with van der Waals surface area (Å²) in [4.78, 5) is 0. The van der Waals surface area contributed by atoms with E-state index in [-0.39, 0.29) is 9.49 Å². The normalized spacial score (nSPS) is 13.8. The third kappa shape index (κ3) is 9.96. The minimum Gasteiger partial charge on any atom is -0.507 e. The highest BCUT2D eigenvalue weighted by Gasteiger charge is 2.27. The van der Waals surface area contributed by atoms with Gasteiger partial charge in [0.2, 0.25) is 0 Å². The number of phenolic OH excluding ortho intramolecular Hbond substituents is 1. The van der Waals surface area contributed by atoms with Crippen LogP contribution in [0.4, 0.5) is 0 Å². The second-order valence-electron chi connectivity index (χ2n) is 12.0. The molecule has 0 unspecified atom stereocenters. The minimum atomic E-state index is 0.193. The number of benzene rings is 1. The van der Waals surface area contributed by atoms with E-state index in [2.05, 4.69) is 81.4 Å². The number of thioether (sulfide) groups is 2. The first-order chi connectivity index (χ1) is 12.4. The van der Waals surface area contributed by atoms with Gasteiger partial charge in [-0.25, -0.2) is 0 Å². The molecule has 0 radical (unpaired) electrons. The zero-order chi connectivity index (χ0) is 22.0. The van der Waals surface area contributed by atoms with Crippen LogP contribution >= 0.6 is 23.5 Å². The Morgan fingerprint density at radius 3 is 1.57 bits per heavy atom. The number of aryl methyl sites for hydroxylation is 1. The second kappa shape index (κ2) is 9.25. The number of hydrogen-bond acceptors (Lipinski definition) is 3. The van der Waals surface area contributed by atoms with Gasteiger partial charge in [-0.2, -0.15) is 23.5 Å². The van der Waals surface area contributed by atoms with E-state index in [1.165, 1.54) is 12.0 Å². The summed E-state index contributed by atoms with van der Waals surface area (Å²) in [6, 6.07) is 4.38. The van der Waals surface area contributed by atoms with Crippen molar-refractivity contribution in [3.05, 3.63) is 28.8 Å². The molecule has 0 amide bonds. The molecular formula is C25H44OS2. The van der Waals surface area contributed by atoms with Crippen LogP contribution < -0.4 is 0 Å². The molecule has 0 saturated heterocycles. The van der Waals surface area contributed by atoms with Crippen LogP contribution in [0.3, 0.4) is 0 Å². The summed E-state index contributed by atoms with van der Waals surface area (Å²) in [5, 5.41) is 10.6. The predicted octanol–water partition coefficient (Wildman–Crippen LogP) is 8.60. The van der Waals surface area contributed by atoms with Crippen molar-refractivity contribution in [3.63, 3.8) is 0 Å². The zero-order valence-corrected chi connectivity index (χ0v) is 21.9. The standard InChI is InChI=1S/C25H44OS2/c1-18-12-19(14-27-24(8,9)16-22(2,3)4)13-20(21(18)26)15-28-25(10,11)17-23(5,6)7/h12-13,26H,14-17H2,1-11H3. The van der Waals surface area contributed by atoms with Crippen molar-refractivity contribution in [1.29, 1.82) is 0 Å². The Balaban J connectivity index is 2.87. The van der Waals surface area contributed by atoms with E-state index in [9.17, 15) is 5.11 Å². The molecule has 0 saturated carbocycles. The first kappa shape index (κ1) is 25.8. The van der Waals surface area contributed by atoms with Gasteiger partial charge in [0.05, 0.1) is 0 Å². The van der Waals surface area contributed by atoms with Crippen LogP contribution in [0.25, 0.3) is 0 Å². The van der Waals surface area contributed by atoms with Crippen molar-refractivity contribution in [2.45, 2.75) is 110 Å². The quantitative estimate of drug-likeness (QED) is 0.451. The summed E-state index contributed by atoms with van der Waals surface area (Å²) in [5.41, 5.74) is 4.05. The van der Waals surface area contributed by atoms with Crippen molar-refractivity contribution in [3.8, 4) is 5.75 Å². The molecule has 1 aromatic carbocycles. The fourth-order valence-electron chi connectivity index (χ4n) is 4.34. The van der Waals surface area contributed by atoms with Gasteiger partial charge in [0.25, 0.3) is 0 Å². The van der Waals surface area contributed by atoms with Crippen molar-refractivity contribution < 1.29 is 5.11 Å². The van der Waals surface area contributed by atoms with Crippen LogP contribution in [-0.4, -0.2) is 14.6 Å². The van der Waals surface area contributed by atoms with Gasteiger partial charge in [-0.1, -0.05) is 81.4 Å². The lowest BCUT2D eigenvalue weighted by Gasteiger charge is -2.32. The SMILES string of the molecule is Cc1cc(CSC(C)(C)CC(C)(C)C)cc(CSC(C)(C)CC(C)(C)C)c1O. The fourth-order valence-corrected chi connectivity index (χ4v) is 6.90. The monoisotopic (exact) mass is 424 g/mol. The third-order valence-electron chi connectivity index (χ3n) is 4.60. The molecule has 1 N–H and O–H groups in total. The van der Waals surface area contributed by atoms with Crippen LogP contribution in [0.15, 0.2) is 12.1 Å². The minimum absolute atomic E-state index is 0.193. The molecule has 0 fully saturated rings. The van der Waals surface area contributed by atoms with E-state index in [1.54, 1.807) is 0 Å². The summed E-state index contributed by atoms with van der Waals surface area (Å²) < 4.78 is 0.436. The predicted molar refractivity (Wildman–Crippen MR) is 132 cm³/mol. The van der Waals surface area contributed by atoms with E-state index in [0.29, 0.717) is 16.6 Å². The largest absolute Gasteiger partial charge is 0.507 e. The molecule has 0 aliphatic carbocycles. The second-order valence-corrected chi connectivity index (χ2v) is 15.4. The highest BCUT2D eigenvalue weighted by molar-refractivity contribution is 8.00. The average Bonchev–Trinajstić information content (AvgIpc) is 2.42. The van der Waals surface area contributed by atoms with Crippen molar-refractivity contribution in [2.75, 3.05) is 0 Å². The summed E-state index contributed by atoms with van der Waals surface area (Å²) in [5.74, 6) is 2.33. The van der Waals surface area contributed by atoms with E-state index >= 15 is 0 Å². The van der Waals surface area contributed by atoms with Crippen LogP contribution in [0, 0.1) is 17.8 Å². The van der Waals surface area contributed by atoms with Gasteiger partial charge in [-0.15, -0.1) is 0 Å². The van der Waals surface area contributed by atoms with Crippen LogP contribution in [0.1, 0.15) is 98.8 Å². The highest BCUT2D eigenvalue weighted by Crippen LogP contribution is 2.41. The van der Waals surface area contributed by atoms with Crippen LogP contribution in [0.2, 0.25) is 0 Å².